The van der Waals surface area contributed by atoms with Crippen molar-refractivity contribution in [3.8, 4) is 5.75 Å². The van der Waals surface area contributed by atoms with E-state index in [9.17, 15) is 20.0 Å². The van der Waals surface area contributed by atoms with Gasteiger partial charge in [-0.05, 0) is 32.4 Å². The van der Waals surface area contributed by atoms with Gasteiger partial charge in [0.15, 0.2) is 0 Å². The van der Waals surface area contributed by atoms with Crippen LogP contribution in [-0.2, 0) is 11.4 Å². The van der Waals surface area contributed by atoms with Crippen LogP contribution in [0, 0.1) is 17.0 Å². The van der Waals surface area contributed by atoms with Gasteiger partial charge in [-0.2, -0.15) is 0 Å². The van der Waals surface area contributed by atoms with E-state index >= 15 is 0 Å². The van der Waals surface area contributed by atoms with Crippen LogP contribution in [0.3, 0.4) is 0 Å². The molecule has 29 heavy (non-hydrogen) atoms. The molecule has 0 amide bonds. The third-order valence-corrected chi connectivity index (χ3v) is 5.02. The molecule has 2 unspecified atom stereocenters. The molecule has 7 heteroatoms. The summed E-state index contributed by atoms with van der Waals surface area (Å²) in [6, 6.07) is 13.4. The first-order valence-electron chi connectivity index (χ1n) is 9.19. The van der Waals surface area contributed by atoms with Crippen LogP contribution in [0.5, 0.6) is 5.75 Å². The van der Waals surface area contributed by atoms with Crippen LogP contribution in [0.25, 0.3) is 0 Å². The molecule has 1 heterocycles. The third kappa shape index (κ3) is 4.18. The Morgan fingerprint density at radius 1 is 1.14 bits per heavy atom. The number of rotatable bonds is 6. The maximum Gasteiger partial charge on any atom is 0.334 e. The highest BCUT2D eigenvalue weighted by molar-refractivity contribution is 5.97. The fraction of sp³-hybridized carbons (Fsp3) is 0.273. The van der Waals surface area contributed by atoms with Crippen molar-refractivity contribution < 1.29 is 19.6 Å². The van der Waals surface area contributed by atoms with E-state index in [1.54, 1.807) is 38.1 Å². The number of aliphatic carboxylic acids is 1. The van der Waals surface area contributed by atoms with Gasteiger partial charge in [-0.1, -0.05) is 48.0 Å². The highest BCUT2D eigenvalue weighted by Crippen LogP contribution is 2.40. The summed E-state index contributed by atoms with van der Waals surface area (Å²) in [4.78, 5) is 27.4. The van der Waals surface area contributed by atoms with Gasteiger partial charge in [0.25, 0.3) is 6.04 Å². The molecule has 1 aliphatic rings. The second kappa shape index (κ2) is 8.26. The third-order valence-electron chi connectivity index (χ3n) is 5.02. The van der Waals surface area contributed by atoms with E-state index in [2.05, 4.69) is 4.99 Å². The summed E-state index contributed by atoms with van der Waals surface area (Å²) in [6.45, 7) is 5.38. The van der Waals surface area contributed by atoms with E-state index in [1.165, 1.54) is 0 Å². The largest absolute Gasteiger partial charge is 0.489 e. The van der Waals surface area contributed by atoms with Gasteiger partial charge >= 0.3 is 5.97 Å². The lowest BCUT2D eigenvalue weighted by Gasteiger charge is -2.28. The number of benzene rings is 2. The van der Waals surface area contributed by atoms with Crippen LogP contribution < -0.4 is 4.74 Å². The topological polar surface area (TPSA) is 102 Å². The summed E-state index contributed by atoms with van der Waals surface area (Å²) in [5.41, 5.74) is 3.01. The average molecular weight is 394 g/mol. The molecule has 2 aromatic carbocycles. The van der Waals surface area contributed by atoms with Gasteiger partial charge in [0, 0.05) is 16.2 Å². The van der Waals surface area contributed by atoms with Crippen molar-refractivity contribution >= 4 is 11.7 Å². The Hall–Kier alpha value is -3.48. The van der Waals surface area contributed by atoms with E-state index in [1.807, 2.05) is 31.2 Å². The molecule has 0 saturated heterocycles. The van der Waals surface area contributed by atoms with Crippen LogP contribution in [-0.4, -0.2) is 27.8 Å². The zero-order chi connectivity index (χ0) is 21.1. The molecule has 2 aromatic rings. The number of carbonyl (C=O) groups is 1. The van der Waals surface area contributed by atoms with Crippen LogP contribution in [0.15, 0.2) is 64.8 Å². The van der Waals surface area contributed by atoms with Crippen LogP contribution >= 0.6 is 0 Å². The number of para-hydroxylation sites is 1. The fourth-order valence-corrected chi connectivity index (χ4v) is 3.62. The van der Waals surface area contributed by atoms with Crippen LogP contribution in [0.1, 0.15) is 36.5 Å². The van der Waals surface area contributed by atoms with Crippen LogP contribution in [0.2, 0.25) is 0 Å². The Kier molecular flexibility index (Phi) is 5.77. The van der Waals surface area contributed by atoms with Crippen molar-refractivity contribution in [2.24, 2.45) is 4.99 Å². The number of hydrogen-bond acceptors (Lipinski definition) is 5. The number of ether oxygens (including phenoxy) is 1. The normalized spacial score (nSPS) is 18.9. The van der Waals surface area contributed by atoms with Crippen molar-refractivity contribution in [3.63, 3.8) is 0 Å². The lowest BCUT2D eigenvalue weighted by atomic mass is 9.80. The van der Waals surface area contributed by atoms with E-state index in [4.69, 9.17) is 4.74 Å². The summed E-state index contributed by atoms with van der Waals surface area (Å²) >= 11 is 0. The average Bonchev–Trinajstić information content (AvgIpc) is 2.66. The number of nitrogens with zero attached hydrogens (tertiary/aromatic N) is 2. The molecule has 3 rings (SSSR count). The van der Waals surface area contributed by atoms with Crippen LogP contribution in [0.4, 0.5) is 0 Å². The highest BCUT2D eigenvalue weighted by atomic mass is 16.6. The van der Waals surface area contributed by atoms with Gasteiger partial charge < -0.3 is 9.84 Å². The molecule has 0 bridgehead atoms. The van der Waals surface area contributed by atoms with Crippen molar-refractivity contribution in [2.75, 3.05) is 0 Å². The SMILES string of the molecule is CC1=NC(C)=C(C(=O)O)C(c2ccccc2OCc2ccc(C)cc2)C1[N+](=O)[O-]. The maximum absolute atomic E-state index is 12.0. The monoisotopic (exact) mass is 394 g/mol. The molecule has 0 fully saturated rings. The van der Waals surface area contributed by atoms with E-state index in [-0.39, 0.29) is 23.6 Å². The number of nitro groups is 1. The minimum absolute atomic E-state index is 0.0799. The van der Waals surface area contributed by atoms with Gasteiger partial charge in [0.2, 0.25) is 0 Å². The number of aryl methyl sites for hydroxylation is 1. The predicted molar refractivity (Wildman–Crippen MR) is 109 cm³/mol. The van der Waals surface area contributed by atoms with Crippen molar-refractivity contribution in [1.82, 2.24) is 0 Å². The zero-order valence-electron chi connectivity index (χ0n) is 16.5. The lowest BCUT2D eigenvalue weighted by molar-refractivity contribution is -0.505. The summed E-state index contributed by atoms with van der Waals surface area (Å²) in [7, 11) is 0. The fourth-order valence-electron chi connectivity index (χ4n) is 3.62. The smallest absolute Gasteiger partial charge is 0.334 e. The predicted octanol–water partition coefficient (Wildman–Crippen LogP) is 4.14. The summed E-state index contributed by atoms with van der Waals surface area (Å²) in [5, 5.41) is 21.6. The van der Waals surface area contributed by atoms with Crippen molar-refractivity contribution in [3.05, 3.63) is 86.6 Å². The molecule has 1 aliphatic heterocycles. The first-order chi connectivity index (χ1) is 13.8. The van der Waals surface area contributed by atoms with Gasteiger partial charge in [0.1, 0.15) is 12.4 Å². The lowest BCUT2D eigenvalue weighted by Crippen LogP contribution is -2.39. The molecule has 0 spiro atoms. The Labute approximate surface area is 168 Å². The zero-order valence-corrected chi connectivity index (χ0v) is 16.5. The van der Waals surface area contributed by atoms with Crippen molar-refractivity contribution in [2.45, 2.75) is 39.3 Å². The van der Waals surface area contributed by atoms with Gasteiger partial charge in [0.05, 0.1) is 17.2 Å². The molecule has 0 radical (unpaired) electrons. The van der Waals surface area contributed by atoms with E-state index in [0.29, 0.717) is 11.3 Å². The molecular weight excluding hydrogens is 372 g/mol. The summed E-state index contributed by atoms with van der Waals surface area (Å²) in [5.74, 6) is -1.79. The first kappa shape index (κ1) is 20.3. The maximum atomic E-state index is 12.0. The van der Waals surface area contributed by atoms with E-state index < -0.39 is 22.9 Å². The molecule has 0 saturated carbocycles. The van der Waals surface area contributed by atoms with E-state index in [0.717, 1.165) is 11.1 Å². The number of carboxylic acids is 1. The molecular formula is C22H22N2O5. The first-order valence-corrected chi connectivity index (χ1v) is 9.19. The Bertz CT molecular complexity index is 1010. The molecule has 0 aliphatic carbocycles. The van der Waals surface area contributed by atoms with Gasteiger partial charge in [-0.25, -0.2) is 4.79 Å². The Morgan fingerprint density at radius 3 is 2.41 bits per heavy atom. The minimum atomic E-state index is -1.27. The minimum Gasteiger partial charge on any atom is -0.489 e. The Morgan fingerprint density at radius 2 is 1.79 bits per heavy atom. The van der Waals surface area contributed by atoms with Gasteiger partial charge in [-0.15, -0.1) is 0 Å². The summed E-state index contributed by atoms with van der Waals surface area (Å²) < 4.78 is 5.96. The molecule has 0 aromatic heterocycles. The van der Waals surface area contributed by atoms with Gasteiger partial charge in [-0.3, -0.25) is 15.1 Å². The molecule has 7 nitrogen and oxygen atoms in total. The second-order valence-electron chi connectivity index (χ2n) is 7.08. The number of hydrogen-bond donors (Lipinski definition) is 1. The number of carboxylic acid groups (broad SMARTS) is 1. The molecule has 1 N–H and O–H groups in total. The molecule has 150 valence electrons. The standard InChI is InChI=1S/C22H22N2O5/c1-13-8-10-16(11-9-13)12-29-18-7-5-4-6-17(18)20-19(22(25)26)14(2)23-15(3)21(20)24(27)28/h4-11,20-21H,12H2,1-3H3,(H,25,26). The Balaban J connectivity index is 2.03. The number of aliphatic imine (C=N–C) groups is 1. The summed E-state index contributed by atoms with van der Waals surface area (Å²) in [6.07, 6.45) is 0. The highest BCUT2D eigenvalue weighted by Gasteiger charge is 2.45. The second-order valence-corrected chi connectivity index (χ2v) is 7.08. The molecule has 2 atom stereocenters. The van der Waals surface area contributed by atoms with Crippen molar-refractivity contribution in [1.29, 1.82) is 0 Å². The quantitative estimate of drug-likeness (QED) is 0.586. The number of allylic oxidation sites excluding steroid dienone is 1.